The summed E-state index contributed by atoms with van der Waals surface area (Å²) in [5.74, 6) is 0.0297. The first-order valence-electron chi connectivity index (χ1n) is 8.36. The Hall–Kier alpha value is -1.85. The lowest BCUT2D eigenvalue weighted by Gasteiger charge is -2.17. The molecule has 2 aromatic rings. The first-order chi connectivity index (χ1) is 11.2. The number of hydrogen-bond donors (Lipinski definition) is 2. The van der Waals surface area contributed by atoms with Crippen LogP contribution < -0.4 is 5.32 Å². The monoisotopic (exact) mass is 317 g/mol. The third-order valence-electron chi connectivity index (χ3n) is 4.04. The van der Waals surface area contributed by atoms with Crippen molar-refractivity contribution in [3.63, 3.8) is 0 Å². The third-order valence-corrected chi connectivity index (χ3v) is 4.04. The van der Waals surface area contributed by atoms with Crippen LogP contribution in [0.2, 0.25) is 0 Å². The van der Waals surface area contributed by atoms with Crippen LogP contribution in [0.4, 0.5) is 0 Å². The van der Waals surface area contributed by atoms with Crippen molar-refractivity contribution < 1.29 is 9.53 Å². The number of fused-ring (bicyclic) bond motifs is 1. The van der Waals surface area contributed by atoms with Gasteiger partial charge in [0.1, 0.15) is 0 Å². The molecule has 0 spiro atoms. The van der Waals surface area contributed by atoms with Gasteiger partial charge in [0.25, 0.3) is 0 Å². The molecular formula is C18H27N3O2. The zero-order valence-electron chi connectivity index (χ0n) is 14.1. The predicted octanol–water partition coefficient (Wildman–Crippen LogP) is 2.18. The Morgan fingerprint density at radius 3 is 2.78 bits per heavy atom. The van der Waals surface area contributed by atoms with Gasteiger partial charge in [0, 0.05) is 30.2 Å². The average molecular weight is 317 g/mol. The van der Waals surface area contributed by atoms with Gasteiger partial charge in [-0.2, -0.15) is 0 Å². The van der Waals surface area contributed by atoms with Crippen LogP contribution in [-0.4, -0.2) is 55.2 Å². The van der Waals surface area contributed by atoms with Gasteiger partial charge in [0.05, 0.1) is 19.6 Å². The first-order valence-corrected chi connectivity index (χ1v) is 8.36. The highest BCUT2D eigenvalue weighted by molar-refractivity contribution is 5.88. The van der Waals surface area contributed by atoms with E-state index in [9.17, 15) is 4.79 Å². The smallest absolute Gasteiger partial charge is 0.224 e. The van der Waals surface area contributed by atoms with Gasteiger partial charge in [-0.15, -0.1) is 0 Å². The Kier molecular flexibility index (Phi) is 7.10. The molecule has 5 nitrogen and oxygen atoms in total. The Morgan fingerprint density at radius 2 is 2.00 bits per heavy atom. The third kappa shape index (κ3) is 5.37. The lowest BCUT2D eigenvalue weighted by atomic mass is 10.1. The first kappa shape index (κ1) is 17.5. The minimum atomic E-state index is 0.0297. The van der Waals surface area contributed by atoms with E-state index < -0.39 is 0 Å². The number of benzene rings is 1. The average Bonchev–Trinajstić information content (AvgIpc) is 2.97. The lowest BCUT2D eigenvalue weighted by molar-refractivity contribution is -0.120. The zero-order chi connectivity index (χ0) is 16.5. The number of aromatic nitrogens is 1. The second-order valence-electron chi connectivity index (χ2n) is 5.53. The van der Waals surface area contributed by atoms with Gasteiger partial charge in [-0.05, 0) is 24.7 Å². The van der Waals surface area contributed by atoms with Crippen LogP contribution in [0.5, 0.6) is 0 Å². The number of hydrogen-bond acceptors (Lipinski definition) is 3. The Balaban J connectivity index is 1.64. The molecule has 0 radical (unpaired) electrons. The number of nitrogens with zero attached hydrogens (tertiary/aromatic N) is 1. The molecule has 0 unspecified atom stereocenters. The fraction of sp³-hybridized carbons (Fsp3) is 0.500. The van der Waals surface area contributed by atoms with Crippen molar-refractivity contribution in [1.29, 1.82) is 0 Å². The van der Waals surface area contributed by atoms with Crippen molar-refractivity contribution in [2.24, 2.45) is 0 Å². The maximum Gasteiger partial charge on any atom is 0.224 e. The van der Waals surface area contributed by atoms with E-state index in [1.165, 1.54) is 0 Å². The van der Waals surface area contributed by atoms with Crippen molar-refractivity contribution in [2.75, 3.05) is 39.4 Å². The van der Waals surface area contributed by atoms with Crippen molar-refractivity contribution >= 4 is 16.8 Å². The number of ether oxygens (including phenoxy) is 1. The molecule has 5 heteroatoms. The molecule has 0 atom stereocenters. The molecule has 0 bridgehead atoms. The predicted molar refractivity (Wildman–Crippen MR) is 93.6 cm³/mol. The Labute approximate surface area is 138 Å². The van der Waals surface area contributed by atoms with Crippen LogP contribution in [0.15, 0.2) is 30.5 Å². The molecular weight excluding hydrogens is 290 g/mol. The van der Waals surface area contributed by atoms with Gasteiger partial charge >= 0.3 is 0 Å². The van der Waals surface area contributed by atoms with Gasteiger partial charge in [-0.25, -0.2) is 0 Å². The van der Waals surface area contributed by atoms with E-state index in [-0.39, 0.29) is 5.91 Å². The number of carbonyl (C=O) groups is 1. The maximum absolute atomic E-state index is 12.0. The lowest BCUT2D eigenvalue weighted by Crippen LogP contribution is -2.30. The van der Waals surface area contributed by atoms with E-state index in [4.69, 9.17) is 4.74 Å². The van der Waals surface area contributed by atoms with Gasteiger partial charge in [0.2, 0.25) is 5.91 Å². The molecule has 1 amide bonds. The van der Waals surface area contributed by atoms with Gasteiger partial charge < -0.3 is 19.9 Å². The summed E-state index contributed by atoms with van der Waals surface area (Å²) in [6.07, 6.45) is 2.30. The molecule has 0 saturated heterocycles. The minimum absolute atomic E-state index is 0.0297. The van der Waals surface area contributed by atoms with Crippen molar-refractivity contribution in [3.8, 4) is 0 Å². The van der Waals surface area contributed by atoms with Crippen LogP contribution in [0.3, 0.4) is 0 Å². The molecule has 0 aliphatic heterocycles. The number of aromatic amines is 1. The molecule has 23 heavy (non-hydrogen) atoms. The number of rotatable bonds is 10. The minimum Gasteiger partial charge on any atom is -0.378 e. The number of likely N-dealkylation sites (N-methyl/N-ethyl adjacent to an activating group) is 1. The SMILES string of the molecule is CCN(CC)CCOCCNC(=O)Cc1c[nH]c2ccccc12. The van der Waals surface area contributed by atoms with Crippen molar-refractivity contribution in [1.82, 2.24) is 15.2 Å². The summed E-state index contributed by atoms with van der Waals surface area (Å²) in [6.45, 7) is 9.14. The summed E-state index contributed by atoms with van der Waals surface area (Å²) < 4.78 is 5.56. The molecule has 2 N–H and O–H groups in total. The highest BCUT2D eigenvalue weighted by Crippen LogP contribution is 2.17. The van der Waals surface area contributed by atoms with E-state index in [0.29, 0.717) is 26.2 Å². The summed E-state index contributed by atoms with van der Waals surface area (Å²) in [5.41, 5.74) is 2.09. The van der Waals surface area contributed by atoms with Crippen molar-refractivity contribution in [2.45, 2.75) is 20.3 Å². The van der Waals surface area contributed by atoms with E-state index in [1.807, 2.05) is 30.5 Å². The van der Waals surface area contributed by atoms with E-state index in [2.05, 4.69) is 29.0 Å². The fourth-order valence-electron chi connectivity index (χ4n) is 2.61. The van der Waals surface area contributed by atoms with Crippen LogP contribution in [0.1, 0.15) is 19.4 Å². The maximum atomic E-state index is 12.0. The standard InChI is InChI=1S/C18H27N3O2/c1-3-21(4-2)10-12-23-11-9-19-18(22)13-15-14-20-17-8-6-5-7-16(15)17/h5-8,14,20H,3-4,9-13H2,1-2H3,(H,19,22). The topological polar surface area (TPSA) is 57.4 Å². The van der Waals surface area contributed by atoms with E-state index in [1.54, 1.807) is 0 Å². The molecule has 126 valence electrons. The van der Waals surface area contributed by atoms with Crippen LogP contribution in [0.25, 0.3) is 10.9 Å². The van der Waals surface area contributed by atoms with Crippen molar-refractivity contribution in [3.05, 3.63) is 36.0 Å². The van der Waals surface area contributed by atoms with E-state index >= 15 is 0 Å². The number of nitrogens with one attached hydrogen (secondary N) is 2. The van der Waals surface area contributed by atoms with Gasteiger partial charge in [-0.1, -0.05) is 32.0 Å². The Morgan fingerprint density at radius 1 is 1.22 bits per heavy atom. The molecule has 0 fully saturated rings. The quantitative estimate of drug-likeness (QED) is 0.660. The molecule has 0 aliphatic carbocycles. The summed E-state index contributed by atoms with van der Waals surface area (Å²) in [6, 6.07) is 8.02. The summed E-state index contributed by atoms with van der Waals surface area (Å²) in [4.78, 5) is 17.5. The molecule has 1 heterocycles. The molecule has 2 rings (SSSR count). The summed E-state index contributed by atoms with van der Waals surface area (Å²) in [5, 5.41) is 4.02. The van der Waals surface area contributed by atoms with Crippen LogP contribution in [-0.2, 0) is 16.0 Å². The highest BCUT2D eigenvalue weighted by atomic mass is 16.5. The van der Waals surface area contributed by atoms with E-state index in [0.717, 1.165) is 36.1 Å². The van der Waals surface area contributed by atoms with Crippen LogP contribution >= 0.6 is 0 Å². The fourth-order valence-corrected chi connectivity index (χ4v) is 2.61. The number of H-pyrrole nitrogens is 1. The molecule has 1 aromatic carbocycles. The Bertz CT molecular complexity index is 605. The number of carbonyl (C=O) groups excluding carboxylic acids is 1. The second kappa shape index (κ2) is 9.33. The molecule has 0 aliphatic rings. The second-order valence-corrected chi connectivity index (χ2v) is 5.53. The van der Waals surface area contributed by atoms with Crippen LogP contribution in [0, 0.1) is 0 Å². The molecule has 1 aromatic heterocycles. The van der Waals surface area contributed by atoms with Gasteiger partial charge in [0.15, 0.2) is 0 Å². The zero-order valence-corrected chi connectivity index (χ0v) is 14.1. The number of para-hydroxylation sites is 1. The normalized spacial score (nSPS) is 11.3. The summed E-state index contributed by atoms with van der Waals surface area (Å²) in [7, 11) is 0. The van der Waals surface area contributed by atoms with Gasteiger partial charge in [-0.3, -0.25) is 4.79 Å². The number of amides is 1. The largest absolute Gasteiger partial charge is 0.378 e. The highest BCUT2D eigenvalue weighted by Gasteiger charge is 2.08. The molecule has 0 saturated carbocycles. The summed E-state index contributed by atoms with van der Waals surface area (Å²) >= 11 is 0.